The number of aryl methyl sites for hydroxylation is 1. The fourth-order valence-electron chi connectivity index (χ4n) is 3.89. The predicted octanol–water partition coefficient (Wildman–Crippen LogP) is 2.89. The number of hydrogen-bond acceptors (Lipinski definition) is 3. The van der Waals surface area contributed by atoms with Crippen LogP contribution in [0.2, 0.25) is 0 Å². The van der Waals surface area contributed by atoms with Gasteiger partial charge in [0.15, 0.2) is 0 Å². The Labute approximate surface area is 147 Å². The minimum Gasteiger partial charge on any atom is -0.342 e. The molecule has 1 aliphatic carbocycles. The van der Waals surface area contributed by atoms with E-state index in [4.69, 9.17) is 0 Å². The molecular formula is C20H25N3O2. The van der Waals surface area contributed by atoms with E-state index in [0.29, 0.717) is 24.1 Å². The molecule has 25 heavy (non-hydrogen) atoms. The average Bonchev–Trinajstić information content (AvgIpc) is 3.29. The number of benzene rings is 1. The summed E-state index contributed by atoms with van der Waals surface area (Å²) in [6, 6.07) is 7.35. The highest BCUT2D eigenvalue weighted by molar-refractivity contribution is 5.77. The third kappa shape index (κ3) is 3.91. The van der Waals surface area contributed by atoms with Crippen molar-refractivity contribution in [3.05, 3.63) is 40.4 Å². The molecule has 1 aromatic heterocycles. The van der Waals surface area contributed by atoms with Crippen LogP contribution in [0.5, 0.6) is 0 Å². The van der Waals surface area contributed by atoms with Crippen LogP contribution in [0.25, 0.3) is 10.9 Å². The second kappa shape index (κ2) is 6.98. The molecular weight excluding hydrogens is 314 g/mol. The second-order valence-corrected chi connectivity index (χ2v) is 7.56. The van der Waals surface area contributed by atoms with E-state index in [1.807, 2.05) is 23.1 Å². The quantitative estimate of drug-likeness (QED) is 0.880. The van der Waals surface area contributed by atoms with Crippen molar-refractivity contribution in [2.45, 2.75) is 44.9 Å². The minimum absolute atomic E-state index is 0.102. The van der Waals surface area contributed by atoms with Crippen molar-refractivity contribution < 1.29 is 4.79 Å². The molecule has 5 nitrogen and oxygen atoms in total. The topological polar surface area (TPSA) is 66.1 Å². The molecule has 0 unspecified atom stereocenters. The van der Waals surface area contributed by atoms with E-state index in [1.54, 1.807) is 6.07 Å². The van der Waals surface area contributed by atoms with E-state index < -0.39 is 0 Å². The molecule has 1 aliphatic heterocycles. The van der Waals surface area contributed by atoms with Crippen molar-refractivity contribution in [3.8, 4) is 0 Å². The Bertz CT molecular complexity index is 825. The van der Waals surface area contributed by atoms with Crippen molar-refractivity contribution >= 4 is 16.8 Å². The number of nitrogens with zero attached hydrogens (tertiary/aromatic N) is 2. The molecule has 4 rings (SSSR count). The van der Waals surface area contributed by atoms with Crippen LogP contribution in [0.3, 0.4) is 0 Å². The molecule has 1 saturated carbocycles. The van der Waals surface area contributed by atoms with Crippen molar-refractivity contribution in [1.29, 1.82) is 0 Å². The number of rotatable bonds is 6. The van der Waals surface area contributed by atoms with Gasteiger partial charge < -0.3 is 9.88 Å². The van der Waals surface area contributed by atoms with Crippen LogP contribution < -0.4 is 5.56 Å². The lowest BCUT2D eigenvalue weighted by Crippen LogP contribution is -2.28. The number of amides is 1. The normalized spacial score (nSPS) is 20.3. The average molecular weight is 339 g/mol. The molecule has 132 valence electrons. The van der Waals surface area contributed by atoms with Crippen molar-refractivity contribution in [2.75, 3.05) is 13.1 Å². The summed E-state index contributed by atoms with van der Waals surface area (Å²) in [6.07, 6.45) is 7.15. The zero-order valence-electron chi connectivity index (χ0n) is 14.5. The van der Waals surface area contributed by atoms with Crippen LogP contribution in [-0.4, -0.2) is 33.9 Å². The van der Waals surface area contributed by atoms with Crippen LogP contribution >= 0.6 is 0 Å². The molecule has 1 atom stereocenters. The molecule has 2 aliphatic rings. The van der Waals surface area contributed by atoms with Gasteiger partial charge in [-0.25, -0.2) is 4.98 Å². The fourth-order valence-corrected chi connectivity index (χ4v) is 3.89. The SMILES string of the molecule is O=C(CCCc1nc2ccccc2c(=O)[nH]1)N1CC[C@H](CC2CC2)C1. The lowest BCUT2D eigenvalue weighted by Gasteiger charge is -2.16. The summed E-state index contributed by atoms with van der Waals surface area (Å²) in [6.45, 7) is 1.86. The van der Waals surface area contributed by atoms with Gasteiger partial charge in [-0.1, -0.05) is 25.0 Å². The number of fused-ring (bicyclic) bond motifs is 1. The Hall–Kier alpha value is -2.17. The minimum atomic E-state index is -0.102. The van der Waals surface area contributed by atoms with Gasteiger partial charge in [-0.2, -0.15) is 0 Å². The molecule has 1 aromatic carbocycles. The largest absolute Gasteiger partial charge is 0.342 e. The Morgan fingerprint density at radius 3 is 2.88 bits per heavy atom. The summed E-state index contributed by atoms with van der Waals surface area (Å²) in [5, 5.41) is 0.612. The Morgan fingerprint density at radius 2 is 2.04 bits per heavy atom. The third-order valence-corrected chi connectivity index (χ3v) is 5.47. The highest BCUT2D eigenvalue weighted by Gasteiger charge is 2.31. The number of hydrogen-bond donors (Lipinski definition) is 1. The standard InChI is InChI=1S/C20H25N3O2/c24-19(23-11-10-15(13-23)12-14-8-9-14)7-3-6-18-21-17-5-2-1-4-16(17)20(25)22-18/h1-2,4-5,14-15H,3,6-13H2,(H,21,22,25)/t15-/m1/s1. The zero-order chi connectivity index (χ0) is 17.2. The van der Waals surface area contributed by atoms with Crippen LogP contribution in [0.15, 0.2) is 29.1 Å². The van der Waals surface area contributed by atoms with Gasteiger partial charge in [0.05, 0.1) is 10.9 Å². The summed E-state index contributed by atoms with van der Waals surface area (Å²) in [5.74, 6) is 2.58. The van der Waals surface area contributed by atoms with Gasteiger partial charge in [-0.3, -0.25) is 9.59 Å². The monoisotopic (exact) mass is 339 g/mol. The number of carbonyl (C=O) groups is 1. The maximum Gasteiger partial charge on any atom is 0.258 e. The number of likely N-dealkylation sites (tertiary alicyclic amines) is 1. The molecule has 2 fully saturated rings. The van der Waals surface area contributed by atoms with E-state index in [1.165, 1.54) is 25.7 Å². The van der Waals surface area contributed by atoms with Crippen LogP contribution in [0, 0.1) is 11.8 Å². The van der Waals surface area contributed by atoms with Gasteiger partial charge in [-0.15, -0.1) is 0 Å². The highest BCUT2D eigenvalue weighted by atomic mass is 16.2. The van der Waals surface area contributed by atoms with E-state index >= 15 is 0 Å². The first-order valence-corrected chi connectivity index (χ1v) is 9.45. The fraction of sp³-hybridized carbons (Fsp3) is 0.550. The maximum absolute atomic E-state index is 12.4. The van der Waals surface area contributed by atoms with Crippen LogP contribution in [-0.2, 0) is 11.2 Å². The van der Waals surface area contributed by atoms with E-state index in [2.05, 4.69) is 9.97 Å². The first-order valence-electron chi connectivity index (χ1n) is 9.45. The van der Waals surface area contributed by atoms with Gasteiger partial charge in [0.25, 0.3) is 5.56 Å². The lowest BCUT2D eigenvalue weighted by atomic mass is 10.0. The van der Waals surface area contributed by atoms with Crippen LogP contribution in [0.1, 0.15) is 44.3 Å². The summed E-state index contributed by atoms with van der Waals surface area (Å²) in [5.41, 5.74) is 0.615. The Balaban J connectivity index is 1.29. The molecule has 5 heteroatoms. The third-order valence-electron chi connectivity index (χ3n) is 5.47. The molecule has 0 bridgehead atoms. The molecule has 0 radical (unpaired) electrons. The first-order chi connectivity index (χ1) is 12.2. The van der Waals surface area contributed by atoms with Gasteiger partial charge in [-0.05, 0) is 43.2 Å². The molecule has 1 amide bonds. The number of H-pyrrole nitrogens is 1. The first kappa shape index (κ1) is 16.3. The van der Waals surface area contributed by atoms with E-state index in [0.717, 1.165) is 36.9 Å². The zero-order valence-corrected chi connectivity index (χ0v) is 14.5. The smallest absolute Gasteiger partial charge is 0.258 e. The van der Waals surface area contributed by atoms with Gasteiger partial charge >= 0.3 is 0 Å². The van der Waals surface area contributed by atoms with Crippen LogP contribution in [0.4, 0.5) is 0 Å². The molecule has 2 aromatic rings. The number of nitrogens with one attached hydrogen (secondary N) is 1. The summed E-state index contributed by atoms with van der Waals surface area (Å²) >= 11 is 0. The van der Waals surface area contributed by atoms with E-state index in [9.17, 15) is 9.59 Å². The molecule has 0 spiro atoms. The highest BCUT2D eigenvalue weighted by Crippen LogP contribution is 2.37. The summed E-state index contributed by atoms with van der Waals surface area (Å²) in [7, 11) is 0. The molecule has 1 saturated heterocycles. The maximum atomic E-state index is 12.4. The number of carbonyl (C=O) groups excluding carboxylic acids is 1. The van der Waals surface area contributed by atoms with Crippen molar-refractivity contribution in [3.63, 3.8) is 0 Å². The summed E-state index contributed by atoms with van der Waals surface area (Å²) in [4.78, 5) is 33.8. The number of aromatic nitrogens is 2. The lowest BCUT2D eigenvalue weighted by molar-refractivity contribution is -0.130. The molecule has 2 heterocycles. The Kier molecular flexibility index (Phi) is 4.55. The van der Waals surface area contributed by atoms with E-state index in [-0.39, 0.29) is 11.5 Å². The van der Waals surface area contributed by atoms with Crippen molar-refractivity contribution in [2.24, 2.45) is 11.8 Å². The van der Waals surface area contributed by atoms with Crippen molar-refractivity contribution in [1.82, 2.24) is 14.9 Å². The Morgan fingerprint density at radius 1 is 1.20 bits per heavy atom. The van der Waals surface area contributed by atoms with Gasteiger partial charge in [0.1, 0.15) is 5.82 Å². The van der Waals surface area contributed by atoms with Gasteiger partial charge in [0, 0.05) is 25.9 Å². The second-order valence-electron chi connectivity index (χ2n) is 7.56. The number of aromatic amines is 1. The predicted molar refractivity (Wildman–Crippen MR) is 97.3 cm³/mol. The number of para-hydroxylation sites is 1. The molecule has 1 N–H and O–H groups in total. The summed E-state index contributed by atoms with van der Waals surface area (Å²) < 4.78 is 0. The van der Waals surface area contributed by atoms with Gasteiger partial charge in [0.2, 0.25) is 5.91 Å².